The topological polar surface area (TPSA) is 90.9 Å². The summed E-state index contributed by atoms with van der Waals surface area (Å²) in [5.41, 5.74) is 2.80. The first-order valence-electron chi connectivity index (χ1n) is 10.4. The first-order valence-corrected chi connectivity index (χ1v) is 10.4. The molecule has 0 radical (unpaired) electrons. The van der Waals surface area contributed by atoms with Crippen molar-refractivity contribution >= 4 is 18.0 Å². The van der Waals surface area contributed by atoms with E-state index in [2.05, 4.69) is 10.1 Å². The number of esters is 2. The van der Waals surface area contributed by atoms with E-state index in [-0.39, 0.29) is 19.6 Å². The number of ether oxygens (including phenoxy) is 3. The van der Waals surface area contributed by atoms with Crippen molar-refractivity contribution in [2.24, 2.45) is 0 Å². The molecule has 7 heteroatoms. The third-order valence-corrected chi connectivity index (χ3v) is 4.83. The Labute approximate surface area is 192 Å². The number of alkyl carbamates (subject to hydrolysis) is 1. The summed E-state index contributed by atoms with van der Waals surface area (Å²) in [6.45, 7) is 0.0820. The Hall–Kier alpha value is -4.13. The Morgan fingerprint density at radius 3 is 1.88 bits per heavy atom. The van der Waals surface area contributed by atoms with Crippen molar-refractivity contribution in [3.8, 4) is 0 Å². The minimum absolute atomic E-state index is 0.00762. The van der Waals surface area contributed by atoms with E-state index in [1.165, 1.54) is 7.11 Å². The van der Waals surface area contributed by atoms with Gasteiger partial charge in [-0.2, -0.15) is 0 Å². The molecule has 0 aliphatic heterocycles. The zero-order valence-electron chi connectivity index (χ0n) is 18.2. The number of carbonyl (C=O) groups excluding carboxylic acids is 3. The highest BCUT2D eigenvalue weighted by atomic mass is 16.6. The van der Waals surface area contributed by atoms with E-state index < -0.39 is 24.1 Å². The average Bonchev–Trinajstić information content (AvgIpc) is 2.86. The fourth-order valence-corrected chi connectivity index (χ4v) is 3.06. The predicted octanol–water partition coefficient (Wildman–Crippen LogP) is 4.05. The monoisotopic (exact) mass is 447 g/mol. The summed E-state index contributed by atoms with van der Waals surface area (Å²) in [5.74, 6) is -1.03. The van der Waals surface area contributed by atoms with Gasteiger partial charge in [0.2, 0.25) is 0 Å². The second-order valence-corrected chi connectivity index (χ2v) is 7.24. The molecule has 170 valence electrons. The van der Waals surface area contributed by atoms with Gasteiger partial charge in [-0.1, -0.05) is 72.8 Å². The number of carbonyl (C=O) groups is 3. The van der Waals surface area contributed by atoms with Crippen molar-refractivity contribution in [3.63, 3.8) is 0 Å². The molecule has 7 nitrogen and oxygen atoms in total. The fourth-order valence-electron chi connectivity index (χ4n) is 3.06. The van der Waals surface area contributed by atoms with E-state index in [0.29, 0.717) is 11.1 Å². The standard InChI is InChI=1S/C26H25NO6/c1-31-24(28)22-14-12-21(13-15-22)17-32-25(29)23(16-19-8-4-2-5-9-19)27-26(30)33-18-20-10-6-3-7-11-20/h2-15,23H,16-18H2,1H3,(H,27,30)/t23-/m0/s1. The van der Waals surface area contributed by atoms with Crippen molar-refractivity contribution in [1.82, 2.24) is 5.32 Å². The smallest absolute Gasteiger partial charge is 0.408 e. The first kappa shape index (κ1) is 23.5. The van der Waals surface area contributed by atoms with Gasteiger partial charge in [0.15, 0.2) is 0 Å². The van der Waals surface area contributed by atoms with Gasteiger partial charge in [0.1, 0.15) is 19.3 Å². The highest BCUT2D eigenvalue weighted by molar-refractivity contribution is 5.89. The molecule has 3 aromatic carbocycles. The minimum atomic E-state index is -0.926. The maximum absolute atomic E-state index is 12.8. The van der Waals surface area contributed by atoms with Gasteiger partial charge in [-0.25, -0.2) is 14.4 Å². The number of benzene rings is 3. The van der Waals surface area contributed by atoms with Gasteiger partial charge in [0.25, 0.3) is 0 Å². The largest absolute Gasteiger partial charge is 0.465 e. The maximum atomic E-state index is 12.8. The molecule has 0 saturated heterocycles. The van der Waals surface area contributed by atoms with E-state index >= 15 is 0 Å². The van der Waals surface area contributed by atoms with Crippen LogP contribution in [0.4, 0.5) is 4.79 Å². The Morgan fingerprint density at radius 2 is 1.27 bits per heavy atom. The molecular formula is C26H25NO6. The van der Waals surface area contributed by atoms with Crippen LogP contribution in [0.5, 0.6) is 0 Å². The van der Waals surface area contributed by atoms with Crippen molar-refractivity contribution in [1.29, 1.82) is 0 Å². The molecule has 0 aliphatic carbocycles. The molecular weight excluding hydrogens is 422 g/mol. The lowest BCUT2D eigenvalue weighted by Gasteiger charge is -2.18. The Bertz CT molecular complexity index is 1050. The van der Waals surface area contributed by atoms with E-state index in [9.17, 15) is 14.4 Å². The van der Waals surface area contributed by atoms with Crippen molar-refractivity contribution in [3.05, 3.63) is 107 Å². The first-order chi connectivity index (χ1) is 16.0. The van der Waals surface area contributed by atoms with Gasteiger partial charge in [-0.3, -0.25) is 0 Å². The van der Waals surface area contributed by atoms with E-state index in [0.717, 1.165) is 11.1 Å². The van der Waals surface area contributed by atoms with Crippen LogP contribution >= 0.6 is 0 Å². The summed E-state index contributed by atoms with van der Waals surface area (Å²) in [7, 11) is 1.31. The summed E-state index contributed by atoms with van der Waals surface area (Å²) >= 11 is 0. The highest BCUT2D eigenvalue weighted by Gasteiger charge is 2.24. The Kier molecular flexibility index (Phi) is 8.59. The van der Waals surface area contributed by atoms with Crippen LogP contribution < -0.4 is 5.32 Å². The lowest BCUT2D eigenvalue weighted by molar-refractivity contribution is -0.147. The summed E-state index contributed by atoms with van der Waals surface area (Å²) in [4.78, 5) is 36.7. The molecule has 1 N–H and O–H groups in total. The van der Waals surface area contributed by atoms with Crippen LogP contribution in [0.15, 0.2) is 84.9 Å². The quantitative estimate of drug-likeness (QED) is 0.393. The zero-order valence-corrected chi connectivity index (χ0v) is 18.2. The Balaban J connectivity index is 1.60. The molecule has 1 atom stereocenters. The van der Waals surface area contributed by atoms with Crippen LogP contribution in [0.3, 0.4) is 0 Å². The van der Waals surface area contributed by atoms with Gasteiger partial charge in [-0.05, 0) is 28.8 Å². The summed E-state index contributed by atoms with van der Waals surface area (Å²) in [6.07, 6.45) is -0.458. The number of amides is 1. The molecule has 0 spiro atoms. The van der Waals surface area contributed by atoms with E-state index in [1.54, 1.807) is 24.3 Å². The summed E-state index contributed by atoms with van der Waals surface area (Å²) in [6, 6.07) is 24.2. The van der Waals surface area contributed by atoms with Crippen LogP contribution in [0.1, 0.15) is 27.0 Å². The van der Waals surface area contributed by atoms with Gasteiger partial charge >= 0.3 is 18.0 Å². The molecule has 3 rings (SSSR count). The van der Waals surface area contributed by atoms with Crippen molar-refractivity contribution in [2.75, 3.05) is 7.11 Å². The van der Waals surface area contributed by atoms with E-state index in [4.69, 9.17) is 9.47 Å². The van der Waals surface area contributed by atoms with E-state index in [1.807, 2.05) is 60.7 Å². The third-order valence-electron chi connectivity index (χ3n) is 4.83. The number of hydrogen-bond acceptors (Lipinski definition) is 6. The molecule has 3 aromatic rings. The molecule has 0 aliphatic rings. The molecule has 33 heavy (non-hydrogen) atoms. The van der Waals surface area contributed by atoms with Crippen LogP contribution in [0.25, 0.3) is 0 Å². The lowest BCUT2D eigenvalue weighted by Crippen LogP contribution is -2.43. The summed E-state index contributed by atoms with van der Waals surface area (Å²) in [5, 5.41) is 2.61. The number of hydrogen-bond donors (Lipinski definition) is 1. The number of rotatable bonds is 9. The molecule has 0 fully saturated rings. The predicted molar refractivity (Wildman–Crippen MR) is 121 cm³/mol. The van der Waals surface area contributed by atoms with Crippen molar-refractivity contribution < 1.29 is 28.6 Å². The lowest BCUT2D eigenvalue weighted by atomic mass is 10.1. The SMILES string of the molecule is COC(=O)c1ccc(COC(=O)[C@H](Cc2ccccc2)NC(=O)OCc2ccccc2)cc1. The zero-order chi connectivity index (χ0) is 23.5. The van der Waals surface area contributed by atoms with Crippen LogP contribution in [-0.4, -0.2) is 31.2 Å². The molecule has 1 amide bonds. The van der Waals surface area contributed by atoms with Gasteiger partial charge < -0.3 is 19.5 Å². The van der Waals surface area contributed by atoms with Crippen LogP contribution in [0, 0.1) is 0 Å². The second kappa shape index (κ2) is 12.0. The molecule has 0 aromatic heterocycles. The Morgan fingerprint density at radius 1 is 0.727 bits per heavy atom. The number of methoxy groups -OCH3 is 1. The summed E-state index contributed by atoms with van der Waals surface area (Å²) < 4.78 is 15.4. The van der Waals surface area contributed by atoms with Gasteiger partial charge in [0, 0.05) is 6.42 Å². The minimum Gasteiger partial charge on any atom is -0.465 e. The van der Waals surface area contributed by atoms with Crippen LogP contribution in [0.2, 0.25) is 0 Å². The molecule has 0 bridgehead atoms. The molecule has 0 heterocycles. The van der Waals surface area contributed by atoms with Crippen molar-refractivity contribution in [2.45, 2.75) is 25.7 Å². The maximum Gasteiger partial charge on any atom is 0.408 e. The normalized spacial score (nSPS) is 11.2. The number of nitrogens with one attached hydrogen (secondary N) is 1. The third kappa shape index (κ3) is 7.50. The van der Waals surface area contributed by atoms with Gasteiger partial charge in [0.05, 0.1) is 12.7 Å². The highest BCUT2D eigenvalue weighted by Crippen LogP contribution is 2.10. The molecule has 0 saturated carbocycles. The molecule has 0 unspecified atom stereocenters. The second-order valence-electron chi connectivity index (χ2n) is 7.24. The average molecular weight is 447 g/mol. The fraction of sp³-hybridized carbons (Fsp3) is 0.192. The van der Waals surface area contributed by atoms with Crippen LogP contribution in [-0.2, 0) is 38.6 Å². The van der Waals surface area contributed by atoms with Gasteiger partial charge in [-0.15, -0.1) is 0 Å².